The molecule has 1 aromatic carbocycles. The van der Waals surface area contributed by atoms with Crippen LogP contribution in [0.5, 0.6) is 0 Å². The molecular weight excluding hydrogens is 190 g/mol. The van der Waals surface area contributed by atoms with E-state index in [-0.39, 0.29) is 0 Å². The summed E-state index contributed by atoms with van der Waals surface area (Å²) in [6.07, 6.45) is 2.23. The minimum atomic E-state index is -0.843. The molecule has 76 valence electrons. The first kappa shape index (κ1) is 8.53. The van der Waals surface area contributed by atoms with Crippen LogP contribution in [0.15, 0.2) is 24.3 Å². The zero-order chi connectivity index (χ0) is 10.4. The third kappa shape index (κ3) is 1.09. The molecule has 1 aliphatic rings. The highest BCUT2D eigenvalue weighted by Gasteiger charge is 2.17. The van der Waals surface area contributed by atoms with E-state index in [1.165, 1.54) is 12.1 Å². The molecule has 0 spiro atoms. The number of benzene rings is 1. The van der Waals surface area contributed by atoms with Crippen LogP contribution in [0.1, 0.15) is 22.5 Å². The second kappa shape index (κ2) is 2.86. The molecule has 2 aromatic rings. The number of fused-ring (bicyclic) bond motifs is 3. The fraction of sp³-hybridized carbons (Fsp3) is 0.250. The average molecular weight is 201 g/mol. The van der Waals surface area contributed by atoms with Crippen molar-refractivity contribution in [3.05, 3.63) is 35.5 Å². The van der Waals surface area contributed by atoms with Gasteiger partial charge in [-0.05, 0) is 31.0 Å². The number of rotatable bonds is 1. The first-order valence-corrected chi connectivity index (χ1v) is 5.12. The molecule has 1 N–H and O–H groups in total. The van der Waals surface area contributed by atoms with Crippen molar-refractivity contribution in [2.75, 3.05) is 0 Å². The molecule has 0 atom stereocenters. The quantitative estimate of drug-likeness (QED) is 0.769. The standard InChI is InChI=1S/C12H11NO2/c14-12(15)9-4-1-5-11-10(9)7-8-3-2-6-13(8)11/h1,4-5,7H,2-3,6H2,(H,14,15). The van der Waals surface area contributed by atoms with Gasteiger partial charge >= 0.3 is 5.97 Å². The fourth-order valence-electron chi connectivity index (χ4n) is 2.42. The van der Waals surface area contributed by atoms with Crippen LogP contribution in [-0.2, 0) is 13.0 Å². The third-order valence-electron chi connectivity index (χ3n) is 3.08. The Hall–Kier alpha value is -1.77. The number of aromatic carboxylic acids is 1. The second-order valence-corrected chi connectivity index (χ2v) is 3.93. The maximum absolute atomic E-state index is 11.0. The van der Waals surface area contributed by atoms with Crippen LogP contribution in [0.2, 0.25) is 0 Å². The van der Waals surface area contributed by atoms with E-state index in [1.807, 2.05) is 18.2 Å². The Balaban J connectivity index is 2.37. The summed E-state index contributed by atoms with van der Waals surface area (Å²) in [5, 5.41) is 9.94. The van der Waals surface area contributed by atoms with Gasteiger partial charge in [-0.15, -0.1) is 0 Å². The average Bonchev–Trinajstić information content (AvgIpc) is 2.75. The Labute approximate surface area is 86.9 Å². The summed E-state index contributed by atoms with van der Waals surface area (Å²) in [5.74, 6) is -0.843. The summed E-state index contributed by atoms with van der Waals surface area (Å²) in [6, 6.07) is 7.50. The molecule has 0 fully saturated rings. The largest absolute Gasteiger partial charge is 0.478 e. The van der Waals surface area contributed by atoms with Crippen LogP contribution in [0.25, 0.3) is 10.9 Å². The molecule has 0 radical (unpaired) electrons. The lowest BCUT2D eigenvalue weighted by Gasteiger charge is -2.01. The molecule has 3 heteroatoms. The number of hydrogen-bond acceptors (Lipinski definition) is 1. The Morgan fingerprint density at radius 1 is 1.40 bits per heavy atom. The van der Waals surface area contributed by atoms with E-state index >= 15 is 0 Å². The number of aromatic nitrogens is 1. The number of carboxylic acid groups (broad SMARTS) is 1. The topological polar surface area (TPSA) is 42.2 Å². The molecule has 3 rings (SSSR count). The van der Waals surface area contributed by atoms with E-state index in [4.69, 9.17) is 5.11 Å². The monoisotopic (exact) mass is 201 g/mol. The molecule has 15 heavy (non-hydrogen) atoms. The first-order valence-electron chi connectivity index (χ1n) is 5.12. The minimum absolute atomic E-state index is 0.411. The van der Waals surface area contributed by atoms with Gasteiger partial charge in [-0.1, -0.05) is 6.07 Å². The smallest absolute Gasteiger partial charge is 0.336 e. The summed E-state index contributed by atoms with van der Waals surface area (Å²) in [6.45, 7) is 1.02. The van der Waals surface area contributed by atoms with Crippen molar-refractivity contribution in [3.63, 3.8) is 0 Å². The van der Waals surface area contributed by atoms with Crippen molar-refractivity contribution >= 4 is 16.9 Å². The normalized spacial score (nSPS) is 14.4. The molecule has 0 saturated carbocycles. The number of hydrogen-bond donors (Lipinski definition) is 1. The summed E-state index contributed by atoms with van der Waals surface area (Å²) < 4.78 is 2.22. The van der Waals surface area contributed by atoms with Gasteiger partial charge in [-0.25, -0.2) is 4.79 Å². The predicted octanol–water partition coefficient (Wildman–Crippen LogP) is 2.29. The van der Waals surface area contributed by atoms with E-state index in [2.05, 4.69) is 4.57 Å². The zero-order valence-corrected chi connectivity index (χ0v) is 8.23. The maximum atomic E-state index is 11.0. The molecule has 0 bridgehead atoms. The molecule has 0 aliphatic carbocycles. The van der Waals surface area contributed by atoms with Crippen LogP contribution >= 0.6 is 0 Å². The van der Waals surface area contributed by atoms with E-state index in [1.54, 1.807) is 6.07 Å². The molecule has 1 aliphatic heterocycles. The maximum Gasteiger partial charge on any atom is 0.336 e. The van der Waals surface area contributed by atoms with Gasteiger partial charge in [0.1, 0.15) is 0 Å². The van der Waals surface area contributed by atoms with Gasteiger partial charge in [0, 0.05) is 23.1 Å². The van der Waals surface area contributed by atoms with Crippen LogP contribution in [0.4, 0.5) is 0 Å². The number of aryl methyl sites for hydroxylation is 2. The highest BCUT2D eigenvalue weighted by molar-refractivity contribution is 6.03. The minimum Gasteiger partial charge on any atom is -0.478 e. The highest BCUT2D eigenvalue weighted by atomic mass is 16.4. The Morgan fingerprint density at radius 2 is 2.27 bits per heavy atom. The van der Waals surface area contributed by atoms with Crippen molar-refractivity contribution in [2.24, 2.45) is 0 Å². The SMILES string of the molecule is O=C(O)c1cccc2c1cc1n2CCC1. The van der Waals surface area contributed by atoms with Crippen LogP contribution < -0.4 is 0 Å². The fourth-order valence-corrected chi connectivity index (χ4v) is 2.42. The van der Waals surface area contributed by atoms with E-state index in [9.17, 15) is 4.79 Å². The summed E-state index contributed by atoms with van der Waals surface area (Å²) in [7, 11) is 0. The molecule has 0 amide bonds. The zero-order valence-electron chi connectivity index (χ0n) is 8.23. The van der Waals surface area contributed by atoms with Gasteiger partial charge in [0.2, 0.25) is 0 Å². The molecule has 0 unspecified atom stereocenters. The second-order valence-electron chi connectivity index (χ2n) is 3.93. The van der Waals surface area contributed by atoms with Crippen molar-refractivity contribution in [1.29, 1.82) is 0 Å². The van der Waals surface area contributed by atoms with Gasteiger partial charge < -0.3 is 9.67 Å². The van der Waals surface area contributed by atoms with Crippen LogP contribution in [0, 0.1) is 0 Å². The van der Waals surface area contributed by atoms with Gasteiger partial charge in [-0.3, -0.25) is 0 Å². The lowest BCUT2D eigenvalue weighted by Crippen LogP contribution is -1.97. The molecule has 0 saturated heterocycles. The number of nitrogens with zero attached hydrogens (tertiary/aromatic N) is 1. The lowest BCUT2D eigenvalue weighted by atomic mass is 10.1. The highest BCUT2D eigenvalue weighted by Crippen LogP contribution is 2.28. The van der Waals surface area contributed by atoms with Crippen molar-refractivity contribution < 1.29 is 9.90 Å². The van der Waals surface area contributed by atoms with E-state index < -0.39 is 5.97 Å². The Bertz CT molecular complexity index is 554. The predicted molar refractivity (Wildman–Crippen MR) is 57.2 cm³/mol. The molecule has 3 nitrogen and oxygen atoms in total. The van der Waals surface area contributed by atoms with Gasteiger partial charge in [0.15, 0.2) is 0 Å². The lowest BCUT2D eigenvalue weighted by molar-refractivity contribution is 0.0699. The van der Waals surface area contributed by atoms with Gasteiger partial charge in [0.25, 0.3) is 0 Å². The van der Waals surface area contributed by atoms with Crippen LogP contribution in [-0.4, -0.2) is 15.6 Å². The Kier molecular flexibility index (Phi) is 1.63. The van der Waals surface area contributed by atoms with Gasteiger partial charge in [0.05, 0.1) is 5.56 Å². The van der Waals surface area contributed by atoms with E-state index in [0.717, 1.165) is 23.9 Å². The molecular formula is C12H11NO2. The molecule has 1 aromatic heterocycles. The van der Waals surface area contributed by atoms with Crippen LogP contribution in [0.3, 0.4) is 0 Å². The summed E-state index contributed by atoms with van der Waals surface area (Å²) >= 11 is 0. The van der Waals surface area contributed by atoms with Crippen molar-refractivity contribution in [1.82, 2.24) is 4.57 Å². The third-order valence-corrected chi connectivity index (χ3v) is 3.08. The summed E-state index contributed by atoms with van der Waals surface area (Å²) in [4.78, 5) is 11.0. The van der Waals surface area contributed by atoms with E-state index in [0.29, 0.717) is 5.56 Å². The summed E-state index contributed by atoms with van der Waals surface area (Å²) in [5.41, 5.74) is 2.73. The Morgan fingerprint density at radius 3 is 3.07 bits per heavy atom. The van der Waals surface area contributed by atoms with Gasteiger partial charge in [-0.2, -0.15) is 0 Å². The first-order chi connectivity index (χ1) is 7.27. The van der Waals surface area contributed by atoms with Crippen molar-refractivity contribution in [3.8, 4) is 0 Å². The van der Waals surface area contributed by atoms with Crippen molar-refractivity contribution in [2.45, 2.75) is 19.4 Å². The molecule has 2 heterocycles. The number of carbonyl (C=O) groups is 1. The number of carboxylic acids is 1.